The Bertz CT molecular complexity index is 478. The van der Waals surface area contributed by atoms with Gasteiger partial charge < -0.3 is 14.4 Å². The van der Waals surface area contributed by atoms with Gasteiger partial charge in [0.25, 0.3) is 0 Å². The highest BCUT2D eigenvalue weighted by Gasteiger charge is 2.27. The summed E-state index contributed by atoms with van der Waals surface area (Å²) >= 11 is 0. The first-order chi connectivity index (χ1) is 10.3. The number of methoxy groups -OCH3 is 2. The number of ether oxygens (including phenoxy) is 2. The zero-order valence-electron chi connectivity index (χ0n) is 13.2. The van der Waals surface area contributed by atoms with Crippen LogP contribution < -0.4 is 14.4 Å². The minimum atomic E-state index is 0.717. The first-order valence-electron chi connectivity index (χ1n) is 8.03. The number of nitrogens with zero attached hydrogens (tertiary/aromatic N) is 2. The summed E-state index contributed by atoms with van der Waals surface area (Å²) in [5.41, 5.74) is 1.25. The van der Waals surface area contributed by atoms with E-state index in [1.807, 2.05) is 6.07 Å². The maximum absolute atomic E-state index is 5.44. The molecule has 4 heteroatoms. The van der Waals surface area contributed by atoms with Gasteiger partial charge in [-0.05, 0) is 37.9 Å². The molecule has 1 aromatic carbocycles. The molecule has 0 aliphatic carbocycles. The Morgan fingerprint density at radius 3 is 2.57 bits per heavy atom. The lowest BCUT2D eigenvalue weighted by molar-refractivity contribution is 0.162. The Kier molecular flexibility index (Phi) is 4.54. The van der Waals surface area contributed by atoms with Crippen LogP contribution in [0.1, 0.15) is 25.7 Å². The molecule has 0 amide bonds. The van der Waals surface area contributed by atoms with E-state index in [0.29, 0.717) is 6.04 Å². The Morgan fingerprint density at radius 2 is 1.76 bits per heavy atom. The van der Waals surface area contributed by atoms with Crippen molar-refractivity contribution in [3.63, 3.8) is 0 Å². The highest BCUT2D eigenvalue weighted by molar-refractivity contribution is 5.56. The van der Waals surface area contributed by atoms with Crippen LogP contribution in [0.15, 0.2) is 18.2 Å². The van der Waals surface area contributed by atoms with Gasteiger partial charge in [-0.1, -0.05) is 6.42 Å². The van der Waals surface area contributed by atoms with Crippen molar-refractivity contribution in [1.82, 2.24) is 4.90 Å². The molecule has 116 valence electrons. The zero-order chi connectivity index (χ0) is 14.7. The van der Waals surface area contributed by atoms with Crippen molar-refractivity contribution < 1.29 is 9.47 Å². The van der Waals surface area contributed by atoms with Crippen molar-refractivity contribution in [1.29, 1.82) is 0 Å². The van der Waals surface area contributed by atoms with E-state index in [1.165, 1.54) is 44.5 Å². The molecular weight excluding hydrogens is 264 g/mol. The van der Waals surface area contributed by atoms with E-state index >= 15 is 0 Å². The van der Waals surface area contributed by atoms with Gasteiger partial charge in [0.2, 0.25) is 0 Å². The van der Waals surface area contributed by atoms with Crippen LogP contribution in [-0.4, -0.2) is 51.3 Å². The zero-order valence-corrected chi connectivity index (χ0v) is 13.2. The SMILES string of the molecule is COc1ccc(N2CCCN3CCCCC3C2)cc1OC. The van der Waals surface area contributed by atoms with Gasteiger partial charge in [0.15, 0.2) is 11.5 Å². The summed E-state index contributed by atoms with van der Waals surface area (Å²) in [6, 6.07) is 6.99. The molecule has 0 saturated carbocycles. The summed E-state index contributed by atoms with van der Waals surface area (Å²) in [4.78, 5) is 5.20. The first kappa shape index (κ1) is 14.5. The fourth-order valence-electron chi connectivity index (χ4n) is 3.63. The lowest BCUT2D eigenvalue weighted by Crippen LogP contribution is -2.44. The van der Waals surface area contributed by atoms with Crippen LogP contribution in [0.5, 0.6) is 11.5 Å². The number of anilines is 1. The van der Waals surface area contributed by atoms with Crippen molar-refractivity contribution in [2.24, 2.45) is 0 Å². The lowest BCUT2D eigenvalue weighted by atomic mass is 10.0. The van der Waals surface area contributed by atoms with Gasteiger partial charge in [-0.15, -0.1) is 0 Å². The van der Waals surface area contributed by atoms with Gasteiger partial charge in [-0.3, -0.25) is 4.90 Å². The van der Waals surface area contributed by atoms with E-state index in [-0.39, 0.29) is 0 Å². The van der Waals surface area contributed by atoms with E-state index in [2.05, 4.69) is 21.9 Å². The maximum atomic E-state index is 5.44. The molecule has 1 aromatic rings. The average molecular weight is 290 g/mol. The largest absolute Gasteiger partial charge is 0.493 e. The number of hydrogen-bond donors (Lipinski definition) is 0. The quantitative estimate of drug-likeness (QED) is 0.854. The predicted octanol–water partition coefficient (Wildman–Crippen LogP) is 2.77. The molecule has 2 heterocycles. The standard InChI is InChI=1S/C17H26N2O2/c1-20-16-8-7-14(12-17(16)21-2)19-11-5-10-18-9-4-3-6-15(18)13-19/h7-8,12,15H,3-6,9-11,13H2,1-2H3. The van der Waals surface area contributed by atoms with Gasteiger partial charge >= 0.3 is 0 Å². The van der Waals surface area contributed by atoms with Gasteiger partial charge in [-0.2, -0.15) is 0 Å². The molecule has 0 bridgehead atoms. The Labute approximate surface area is 127 Å². The lowest BCUT2D eigenvalue weighted by Gasteiger charge is -2.36. The molecule has 2 fully saturated rings. The fraction of sp³-hybridized carbons (Fsp3) is 0.647. The fourth-order valence-corrected chi connectivity index (χ4v) is 3.63. The Morgan fingerprint density at radius 1 is 0.952 bits per heavy atom. The third-order valence-electron chi connectivity index (χ3n) is 4.79. The maximum Gasteiger partial charge on any atom is 0.162 e. The molecule has 1 atom stereocenters. The van der Waals surface area contributed by atoms with E-state index < -0.39 is 0 Å². The van der Waals surface area contributed by atoms with Crippen molar-refractivity contribution in [2.45, 2.75) is 31.7 Å². The van der Waals surface area contributed by atoms with Gasteiger partial charge in [0, 0.05) is 37.4 Å². The van der Waals surface area contributed by atoms with Crippen LogP contribution >= 0.6 is 0 Å². The first-order valence-corrected chi connectivity index (χ1v) is 8.03. The molecule has 0 N–H and O–H groups in total. The van der Waals surface area contributed by atoms with Gasteiger partial charge in [0.05, 0.1) is 14.2 Å². The molecule has 0 spiro atoms. The molecule has 21 heavy (non-hydrogen) atoms. The van der Waals surface area contributed by atoms with Crippen LogP contribution in [0.25, 0.3) is 0 Å². The van der Waals surface area contributed by atoms with E-state index in [9.17, 15) is 0 Å². The molecule has 2 aliphatic rings. The predicted molar refractivity (Wildman–Crippen MR) is 85.6 cm³/mol. The van der Waals surface area contributed by atoms with Crippen molar-refractivity contribution in [2.75, 3.05) is 45.3 Å². The third kappa shape index (κ3) is 3.10. The molecule has 1 unspecified atom stereocenters. The summed E-state index contributed by atoms with van der Waals surface area (Å²) in [5, 5.41) is 0. The minimum Gasteiger partial charge on any atom is -0.493 e. The molecule has 0 radical (unpaired) electrons. The summed E-state index contributed by atoms with van der Waals surface area (Å²) < 4.78 is 10.8. The smallest absolute Gasteiger partial charge is 0.162 e. The summed E-state index contributed by atoms with van der Waals surface area (Å²) in [5.74, 6) is 1.62. The summed E-state index contributed by atoms with van der Waals surface area (Å²) in [6.45, 7) is 4.79. The second-order valence-electron chi connectivity index (χ2n) is 6.02. The molecule has 3 rings (SSSR count). The van der Waals surface area contributed by atoms with Gasteiger partial charge in [-0.25, -0.2) is 0 Å². The van der Waals surface area contributed by atoms with E-state index in [4.69, 9.17) is 9.47 Å². The van der Waals surface area contributed by atoms with Crippen LogP contribution in [0.2, 0.25) is 0 Å². The van der Waals surface area contributed by atoms with Crippen LogP contribution in [-0.2, 0) is 0 Å². The molecule has 0 aromatic heterocycles. The van der Waals surface area contributed by atoms with Crippen molar-refractivity contribution in [3.05, 3.63) is 18.2 Å². The van der Waals surface area contributed by atoms with Crippen molar-refractivity contribution in [3.8, 4) is 11.5 Å². The second-order valence-corrected chi connectivity index (χ2v) is 6.02. The summed E-state index contributed by atoms with van der Waals surface area (Å²) in [7, 11) is 3.39. The van der Waals surface area contributed by atoms with Gasteiger partial charge in [0.1, 0.15) is 0 Å². The van der Waals surface area contributed by atoms with E-state index in [1.54, 1.807) is 14.2 Å². The minimum absolute atomic E-state index is 0.717. The topological polar surface area (TPSA) is 24.9 Å². The van der Waals surface area contributed by atoms with Crippen molar-refractivity contribution >= 4 is 5.69 Å². The number of rotatable bonds is 3. The average Bonchev–Trinajstić information content (AvgIpc) is 2.76. The number of hydrogen-bond acceptors (Lipinski definition) is 4. The highest BCUT2D eigenvalue weighted by Crippen LogP contribution is 2.33. The normalized spacial score (nSPS) is 23.3. The third-order valence-corrected chi connectivity index (χ3v) is 4.79. The Balaban J connectivity index is 1.79. The number of piperidine rings is 1. The van der Waals surface area contributed by atoms with Crippen LogP contribution in [0, 0.1) is 0 Å². The Hall–Kier alpha value is -1.42. The van der Waals surface area contributed by atoms with Crippen LogP contribution in [0.3, 0.4) is 0 Å². The van der Waals surface area contributed by atoms with E-state index in [0.717, 1.165) is 24.6 Å². The molecule has 2 saturated heterocycles. The highest BCUT2D eigenvalue weighted by atomic mass is 16.5. The molecular formula is C17H26N2O2. The summed E-state index contributed by atoms with van der Waals surface area (Å²) in [6.07, 6.45) is 5.32. The second kappa shape index (κ2) is 6.56. The monoisotopic (exact) mass is 290 g/mol. The molecule has 4 nitrogen and oxygen atoms in total. The number of fused-ring (bicyclic) bond motifs is 1. The molecule has 2 aliphatic heterocycles. The van der Waals surface area contributed by atoms with Crippen LogP contribution in [0.4, 0.5) is 5.69 Å². The number of benzene rings is 1.